The van der Waals surface area contributed by atoms with Gasteiger partial charge in [0, 0.05) is 0 Å². The van der Waals surface area contributed by atoms with Crippen LogP contribution in [-0.2, 0) is 11.2 Å². The van der Waals surface area contributed by atoms with Gasteiger partial charge >= 0.3 is 0 Å². The number of carbonyl (C=O) groups is 1. The van der Waals surface area contributed by atoms with Gasteiger partial charge in [-0.25, -0.2) is 0 Å². The van der Waals surface area contributed by atoms with Gasteiger partial charge in [0.05, 0.1) is 0 Å². The SMILES string of the molecule is O=CC=CCc1ccccc1-c1ccccc1. The standard InChI is InChI=1S/C16H14O/c17-13-7-6-11-15-10-4-5-12-16(15)14-8-2-1-3-9-14/h1-10,12-13H,11H2. The van der Waals surface area contributed by atoms with Crippen LogP contribution < -0.4 is 0 Å². The maximum absolute atomic E-state index is 10.3. The fourth-order valence-corrected chi connectivity index (χ4v) is 1.85. The summed E-state index contributed by atoms with van der Waals surface area (Å²) in [6.45, 7) is 0. The Morgan fingerprint density at radius 2 is 1.59 bits per heavy atom. The molecule has 1 heteroatoms. The lowest BCUT2D eigenvalue weighted by Crippen LogP contribution is -1.87. The third-order valence-electron chi connectivity index (χ3n) is 2.65. The third kappa shape index (κ3) is 2.91. The molecule has 0 radical (unpaired) electrons. The molecule has 17 heavy (non-hydrogen) atoms. The average Bonchev–Trinajstić information content (AvgIpc) is 2.41. The minimum absolute atomic E-state index is 0.782. The summed E-state index contributed by atoms with van der Waals surface area (Å²) < 4.78 is 0. The lowest BCUT2D eigenvalue weighted by molar-refractivity contribution is -0.104. The van der Waals surface area contributed by atoms with Crippen molar-refractivity contribution in [2.45, 2.75) is 6.42 Å². The highest BCUT2D eigenvalue weighted by Crippen LogP contribution is 2.23. The summed E-state index contributed by atoms with van der Waals surface area (Å²) >= 11 is 0. The van der Waals surface area contributed by atoms with E-state index in [9.17, 15) is 4.79 Å². The molecule has 2 aromatic carbocycles. The van der Waals surface area contributed by atoms with Gasteiger partial charge in [-0.2, -0.15) is 0 Å². The summed E-state index contributed by atoms with van der Waals surface area (Å²) in [5, 5.41) is 0. The Hall–Kier alpha value is -2.15. The zero-order chi connectivity index (χ0) is 11.9. The van der Waals surface area contributed by atoms with Crippen LogP contribution in [0.25, 0.3) is 11.1 Å². The Morgan fingerprint density at radius 3 is 2.35 bits per heavy atom. The molecular weight excluding hydrogens is 208 g/mol. The van der Waals surface area contributed by atoms with Crippen LogP contribution >= 0.6 is 0 Å². The maximum atomic E-state index is 10.3. The van der Waals surface area contributed by atoms with Crippen molar-refractivity contribution in [2.75, 3.05) is 0 Å². The van der Waals surface area contributed by atoms with Crippen molar-refractivity contribution in [1.82, 2.24) is 0 Å². The monoisotopic (exact) mass is 222 g/mol. The van der Waals surface area contributed by atoms with Gasteiger partial charge in [0.2, 0.25) is 0 Å². The van der Waals surface area contributed by atoms with Crippen LogP contribution in [0.5, 0.6) is 0 Å². The normalized spacial score (nSPS) is 10.6. The molecule has 0 aliphatic carbocycles. The molecule has 0 aliphatic rings. The molecule has 0 heterocycles. The molecule has 0 spiro atoms. The molecule has 0 aliphatic heterocycles. The van der Waals surface area contributed by atoms with Crippen LogP contribution in [0.15, 0.2) is 66.7 Å². The van der Waals surface area contributed by atoms with Gasteiger partial charge in [0.15, 0.2) is 0 Å². The fourth-order valence-electron chi connectivity index (χ4n) is 1.85. The number of carbonyl (C=O) groups excluding carboxylic acids is 1. The summed E-state index contributed by atoms with van der Waals surface area (Å²) in [6, 6.07) is 18.5. The lowest BCUT2D eigenvalue weighted by Gasteiger charge is -2.07. The van der Waals surface area contributed by atoms with E-state index in [1.165, 1.54) is 16.7 Å². The number of hydrogen-bond donors (Lipinski definition) is 0. The van der Waals surface area contributed by atoms with Crippen LogP contribution in [0.3, 0.4) is 0 Å². The van der Waals surface area contributed by atoms with E-state index in [-0.39, 0.29) is 0 Å². The lowest BCUT2D eigenvalue weighted by atomic mass is 9.98. The molecule has 0 saturated heterocycles. The predicted molar refractivity (Wildman–Crippen MR) is 70.8 cm³/mol. The smallest absolute Gasteiger partial charge is 0.142 e. The summed E-state index contributed by atoms with van der Waals surface area (Å²) in [5.41, 5.74) is 3.67. The number of rotatable bonds is 4. The first kappa shape index (κ1) is 11.3. The van der Waals surface area contributed by atoms with Gasteiger partial charge in [-0.15, -0.1) is 0 Å². The molecule has 0 aromatic heterocycles. The van der Waals surface area contributed by atoms with E-state index in [0.717, 1.165) is 12.7 Å². The van der Waals surface area contributed by atoms with Crippen molar-refractivity contribution in [1.29, 1.82) is 0 Å². The van der Waals surface area contributed by atoms with Gasteiger partial charge in [0.25, 0.3) is 0 Å². The molecule has 2 aromatic rings. The van der Waals surface area contributed by atoms with E-state index in [4.69, 9.17) is 0 Å². The average molecular weight is 222 g/mol. The molecular formula is C16H14O. The Balaban J connectivity index is 2.34. The van der Waals surface area contributed by atoms with Crippen molar-refractivity contribution in [3.63, 3.8) is 0 Å². The van der Waals surface area contributed by atoms with E-state index in [1.807, 2.05) is 36.4 Å². The third-order valence-corrected chi connectivity index (χ3v) is 2.65. The number of allylic oxidation sites excluding steroid dienone is 2. The first-order valence-electron chi connectivity index (χ1n) is 5.65. The first-order valence-corrected chi connectivity index (χ1v) is 5.65. The van der Waals surface area contributed by atoms with Gasteiger partial charge in [-0.3, -0.25) is 4.79 Å². The van der Waals surface area contributed by atoms with E-state index in [1.54, 1.807) is 6.08 Å². The highest BCUT2D eigenvalue weighted by atomic mass is 16.1. The number of aldehydes is 1. The predicted octanol–water partition coefficient (Wildman–Crippen LogP) is 3.65. The summed E-state index contributed by atoms with van der Waals surface area (Å²) in [5.74, 6) is 0. The van der Waals surface area contributed by atoms with Crippen LogP contribution in [-0.4, -0.2) is 6.29 Å². The molecule has 0 fully saturated rings. The molecule has 1 nitrogen and oxygen atoms in total. The second-order valence-corrected chi connectivity index (χ2v) is 3.79. The molecule has 0 bridgehead atoms. The number of benzene rings is 2. The van der Waals surface area contributed by atoms with Crippen molar-refractivity contribution >= 4 is 6.29 Å². The largest absolute Gasteiger partial charge is 0.299 e. The second kappa shape index (κ2) is 5.80. The molecule has 0 amide bonds. The zero-order valence-electron chi connectivity index (χ0n) is 9.54. The summed E-state index contributed by atoms with van der Waals surface area (Å²) in [7, 11) is 0. The quantitative estimate of drug-likeness (QED) is 0.570. The Kier molecular flexibility index (Phi) is 3.87. The van der Waals surface area contributed by atoms with Gasteiger partial charge in [0.1, 0.15) is 6.29 Å². The van der Waals surface area contributed by atoms with Gasteiger partial charge in [-0.1, -0.05) is 60.7 Å². The van der Waals surface area contributed by atoms with Gasteiger partial charge < -0.3 is 0 Å². The van der Waals surface area contributed by atoms with Crippen molar-refractivity contribution in [2.24, 2.45) is 0 Å². The molecule has 0 saturated carbocycles. The minimum atomic E-state index is 0.782. The molecule has 84 valence electrons. The summed E-state index contributed by atoms with van der Waals surface area (Å²) in [6.07, 6.45) is 5.02. The molecule has 0 N–H and O–H groups in total. The molecule has 0 unspecified atom stereocenters. The van der Waals surface area contributed by atoms with Crippen molar-refractivity contribution in [3.05, 3.63) is 72.3 Å². The zero-order valence-corrected chi connectivity index (χ0v) is 9.54. The Labute approximate surface area is 101 Å². The van der Waals surface area contributed by atoms with E-state index >= 15 is 0 Å². The highest BCUT2D eigenvalue weighted by Gasteiger charge is 2.01. The van der Waals surface area contributed by atoms with E-state index < -0.39 is 0 Å². The highest BCUT2D eigenvalue weighted by molar-refractivity contribution is 5.68. The van der Waals surface area contributed by atoms with Crippen LogP contribution in [0.2, 0.25) is 0 Å². The minimum Gasteiger partial charge on any atom is -0.299 e. The molecule has 0 atom stereocenters. The van der Waals surface area contributed by atoms with E-state index in [2.05, 4.69) is 24.3 Å². The van der Waals surface area contributed by atoms with Crippen LogP contribution in [0.1, 0.15) is 5.56 Å². The van der Waals surface area contributed by atoms with Crippen molar-refractivity contribution < 1.29 is 4.79 Å². The van der Waals surface area contributed by atoms with Crippen molar-refractivity contribution in [3.8, 4) is 11.1 Å². The molecule has 2 rings (SSSR count). The summed E-state index contributed by atoms with van der Waals surface area (Å²) in [4.78, 5) is 10.3. The Morgan fingerprint density at radius 1 is 0.882 bits per heavy atom. The van der Waals surface area contributed by atoms with Crippen LogP contribution in [0, 0.1) is 0 Å². The Bertz CT molecular complexity index is 512. The number of hydrogen-bond acceptors (Lipinski definition) is 1. The first-order chi connectivity index (χ1) is 8.42. The van der Waals surface area contributed by atoms with E-state index in [0.29, 0.717) is 0 Å². The van der Waals surface area contributed by atoms with Crippen LogP contribution in [0.4, 0.5) is 0 Å². The fraction of sp³-hybridized carbons (Fsp3) is 0.0625. The maximum Gasteiger partial charge on any atom is 0.142 e. The van der Waals surface area contributed by atoms with Gasteiger partial charge in [-0.05, 0) is 29.2 Å². The topological polar surface area (TPSA) is 17.1 Å². The second-order valence-electron chi connectivity index (χ2n) is 3.79.